The molecule has 1 heterocycles. The van der Waals surface area contributed by atoms with E-state index in [-0.39, 0.29) is 47.2 Å². The lowest BCUT2D eigenvalue weighted by atomic mass is 9.99. The number of nitrogens with one attached hydrogen (secondary N) is 3. The molecule has 2 aromatic carbocycles. The number of nitrogens with zero attached hydrogens (tertiary/aromatic N) is 1. The van der Waals surface area contributed by atoms with Crippen molar-refractivity contribution in [1.29, 1.82) is 0 Å². The molecule has 3 rings (SSSR count). The minimum atomic E-state index is -4.48. The smallest absolute Gasteiger partial charge is 0.416 e. The predicted octanol–water partition coefficient (Wildman–Crippen LogP) is 3.79. The van der Waals surface area contributed by atoms with Crippen LogP contribution in [0.15, 0.2) is 42.5 Å². The van der Waals surface area contributed by atoms with Crippen LogP contribution < -0.4 is 20.7 Å². The molecule has 0 saturated carbocycles. The van der Waals surface area contributed by atoms with E-state index in [9.17, 15) is 27.9 Å². The first-order chi connectivity index (χ1) is 16.5. The quantitative estimate of drug-likeness (QED) is 0.490. The number of aliphatic hydroxyl groups is 1. The Labute approximate surface area is 201 Å². The van der Waals surface area contributed by atoms with E-state index in [0.29, 0.717) is 13.1 Å². The maximum atomic E-state index is 13.3. The number of rotatable bonds is 6. The number of para-hydroxylation sites is 1. The Balaban J connectivity index is 1.89. The Morgan fingerprint density at radius 3 is 2.49 bits per heavy atom. The number of carbonyl (C=O) groups is 2. The second-order valence-electron chi connectivity index (χ2n) is 8.52. The normalized spacial score (nSPS) is 19.2. The molecule has 8 nitrogen and oxygen atoms in total. The van der Waals surface area contributed by atoms with Crippen LogP contribution in [-0.4, -0.2) is 60.8 Å². The molecule has 0 bridgehead atoms. The number of amides is 3. The molecule has 3 amide bonds. The van der Waals surface area contributed by atoms with Crippen LogP contribution in [0.2, 0.25) is 0 Å². The minimum absolute atomic E-state index is 0.0948. The largest absolute Gasteiger partial charge is 0.486 e. The van der Waals surface area contributed by atoms with Gasteiger partial charge in [0.1, 0.15) is 6.10 Å². The third kappa shape index (κ3) is 6.23. The molecular formula is C24H29F3N4O4. The van der Waals surface area contributed by atoms with Gasteiger partial charge in [0.2, 0.25) is 0 Å². The van der Waals surface area contributed by atoms with Crippen LogP contribution in [0.4, 0.5) is 29.3 Å². The summed E-state index contributed by atoms with van der Waals surface area (Å²) in [4.78, 5) is 27.6. The van der Waals surface area contributed by atoms with Gasteiger partial charge in [-0.1, -0.05) is 13.0 Å². The first-order valence-corrected chi connectivity index (χ1v) is 11.2. The zero-order valence-corrected chi connectivity index (χ0v) is 19.6. The molecule has 1 aliphatic rings. The second kappa shape index (κ2) is 11.0. The number of benzene rings is 2. The zero-order valence-electron chi connectivity index (χ0n) is 19.6. The molecule has 4 N–H and O–H groups in total. The van der Waals surface area contributed by atoms with Gasteiger partial charge in [-0.3, -0.25) is 4.79 Å². The second-order valence-corrected chi connectivity index (χ2v) is 8.52. The average Bonchev–Trinajstić information content (AvgIpc) is 2.81. The molecule has 0 fully saturated rings. The monoisotopic (exact) mass is 494 g/mol. The summed E-state index contributed by atoms with van der Waals surface area (Å²) in [5.74, 6) is -0.257. The molecule has 0 spiro atoms. The van der Waals surface area contributed by atoms with Crippen molar-refractivity contribution in [3.05, 3.63) is 53.6 Å². The molecule has 0 aromatic heterocycles. The predicted molar refractivity (Wildman–Crippen MR) is 126 cm³/mol. The maximum absolute atomic E-state index is 13.3. The van der Waals surface area contributed by atoms with Crippen molar-refractivity contribution in [3.8, 4) is 5.75 Å². The third-order valence-electron chi connectivity index (χ3n) is 5.81. The summed E-state index contributed by atoms with van der Waals surface area (Å²) in [6, 6.07) is 7.65. The Kier molecular flexibility index (Phi) is 8.23. The zero-order chi connectivity index (χ0) is 25.8. The van der Waals surface area contributed by atoms with E-state index < -0.39 is 23.8 Å². The van der Waals surface area contributed by atoms with Crippen molar-refractivity contribution in [2.45, 2.75) is 32.2 Å². The summed E-state index contributed by atoms with van der Waals surface area (Å²) in [5.41, 5.74) is -0.209. The van der Waals surface area contributed by atoms with E-state index in [1.807, 2.05) is 6.92 Å². The molecule has 0 saturated heterocycles. The van der Waals surface area contributed by atoms with Gasteiger partial charge in [-0.2, -0.15) is 13.2 Å². The molecule has 2 aromatic rings. The minimum Gasteiger partial charge on any atom is -0.486 e. The summed E-state index contributed by atoms with van der Waals surface area (Å²) >= 11 is 0. The van der Waals surface area contributed by atoms with Gasteiger partial charge >= 0.3 is 12.2 Å². The number of alkyl halides is 3. The van der Waals surface area contributed by atoms with Crippen LogP contribution in [-0.2, 0) is 6.18 Å². The van der Waals surface area contributed by atoms with E-state index in [1.165, 1.54) is 0 Å². The number of hydrogen-bond donors (Lipinski definition) is 4. The van der Waals surface area contributed by atoms with Crippen LogP contribution in [0, 0.1) is 5.92 Å². The highest BCUT2D eigenvalue weighted by Crippen LogP contribution is 2.35. The fourth-order valence-electron chi connectivity index (χ4n) is 3.81. The van der Waals surface area contributed by atoms with Crippen molar-refractivity contribution in [2.75, 3.05) is 37.4 Å². The molecule has 35 heavy (non-hydrogen) atoms. The Morgan fingerprint density at radius 2 is 1.89 bits per heavy atom. The molecule has 1 aliphatic heterocycles. The van der Waals surface area contributed by atoms with E-state index in [2.05, 4.69) is 16.0 Å². The highest BCUT2D eigenvalue weighted by atomic mass is 19.4. The Hall–Kier alpha value is -3.31. The van der Waals surface area contributed by atoms with Crippen LogP contribution >= 0.6 is 0 Å². The van der Waals surface area contributed by atoms with E-state index >= 15 is 0 Å². The summed E-state index contributed by atoms with van der Waals surface area (Å²) in [7, 11) is 1.77. The van der Waals surface area contributed by atoms with Crippen LogP contribution in [0.3, 0.4) is 0 Å². The first-order valence-electron chi connectivity index (χ1n) is 11.2. The fraction of sp³-hybridized carbons (Fsp3) is 0.417. The Morgan fingerprint density at radius 1 is 1.20 bits per heavy atom. The van der Waals surface area contributed by atoms with Gasteiger partial charge in [0.05, 0.1) is 29.5 Å². The topological polar surface area (TPSA) is 103 Å². The van der Waals surface area contributed by atoms with E-state index in [1.54, 1.807) is 37.1 Å². The number of halogens is 3. The number of hydrogen-bond acceptors (Lipinski definition) is 5. The number of anilines is 2. The molecule has 0 aliphatic carbocycles. The molecule has 190 valence electrons. The SMILES string of the molecule is CNC[C@H]1Oc2c(NC(=O)Nc3ccc(C(F)(F)F)cc3)cccc2C(=O)N([C@H](C)CO)C[C@H]1C. The molecule has 3 atom stereocenters. The number of likely N-dealkylation sites (N-methyl/N-ethyl adjacent to an activating group) is 1. The lowest BCUT2D eigenvalue weighted by Crippen LogP contribution is -2.49. The van der Waals surface area contributed by atoms with Gasteiger partial charge in [-0.25, -0.2) is 4.79 Å². The Bertz CT molecular complexity index is 1050. The van der Waals surface area contributed by atoms with E-state index in [4.69, 9.17) is 4.74 Å². The fourth-order valence-corrected chi connectivity index (χ4v) is 3.81. The number of carbonyl (C=O) groups excluding carboxylic acids is 2. The molecule has 0 radical (unpaired) electrons. The standard InChI is InChI=1S/C24H29F3N4O4/c1-14-12-31(15(2)13-32)22(33)18-5-4-6-19(21(18)35-20(14)11-28-3)30-23(34)29-17-9-7-16(8-10-17)24(25,26)27/h4-10,14-15,20,28,32H,11-13H2,1-3H3,(H2,29,30,34)/t14-,15-,20-/m1/s1. The van der Waals surface area contributed by atoms with Crippen molar-refractivity contribution < 1.29 is 32.6 Å². The van der Waals surface area contributed by atoms with Crippen molar-refractivity contribution in [3.63, 3.8) is 0 Å². The van der Waals surface area contributed by atoms with Gasteiger partial charge in [0.25, 0.3) is 5.91 Å². The lowest BCUT2D eigenvalue weighted by molar-refractivity contribution is -0.137. The lowest BCUT2D eigenvalue weighted by Gasteiger charge is -2.37. The summed E-state index contributed by atoms with van der Waals surface area (Å²) in [5, 5.41) is 17.9. The van der Waals surface area contributed by atoms with Crippen LogP contribution in [0.5, 0.6) is 5.75 Å². The van der Waals surface area contributed by atoms with Gasteiger partial charge in [-0.15, -0.1) is 0 Å². The maximum Gasteiger partial charge on any atom is 0.416 e. The number of aliphatic hydroxyl groups excluding tert-OH is 1. The van der Waals surface area contributed by atoms with Gasteiger partial charge < -0.3 is 30.7 Å². The van der Waals surface area contributed by atoms with Gasteiger partial charge in [0.15, 0.2) is 5.75 Å². The number of ether oxygens (including phenoxy) is 1. The number of urea groups is 1. The van der Waals surface area contributed by atoms with Crippen molar-refractivity contribution in [2.24, 2.45) is 5.92 Å². The van der Waals surface area contributed by atoms with Gasteiger partial charge in [0, 0.05) is 24.7 Å². The van der Waals surface area contributed by atoms with Crippen molar-refractivity contribution >= 4 is 23.3 Å². The molecule has 11 heteroatoms. The van der Waals surface area contributed by atoms with Crippen LogP contribution in [0.25, 0.3) is 0 Å². The van der Waals surface area contributed by atoms with E-state index in [0.717, 1.165) is 24.3 Å². The van der Waals surface area contributed by atoms with Crippen LogP contribution in [0.1, 0.15) is 29.8 Å². The first kappa shape index (κ1) is 26.3. The highest BCUT2D eigenvalue weighted by Gasteiger charge is 2.34. The molecular weight excluding hydrogens is 465 g/mol. The summed E-state index contributed by atoms with van der Waals surface area (Å²) in [6.07, 6.45) is -4.82. The highest BCUT2D eigenvalue weighted by molar-refractivity contribution is 6.04. The van der Waals surface area contributed by atoms with Gasteiger partial charge in [-0.05, 0) is 50.4 Å². The number of fused-ring (bicyclic) bond motifs is 1. The van der Waals surface area contributed by atoms with Crippen molar-refractivity contribution in [1.82, 2.24) is 10.2 Å². The third-order valence-corrected chi connectivity index (χ3v) is 5.81. The summed E-state index contributed by atoms with van der Waals surface area (Å²) < 4.78 is 44.5. The summed E-state index contributed by atoms with van der Waals surface area (Å²) in [6.45, 7) is 4.32. The average molecular weight is 495 g/mol. The molecule has 0 unspecified atom stereocenters.